The summed E-state index contributed by atoms with van der Waals surface area (Å²) in [5.41, 5.74) is 6.32. The predicted octanol–water partition coefficient (Wildman–Crippen LogP) is 2.29. The minimum atomic E-state index is -0.484. The van der Waals surface area contributed by atoms with Crippen LogP contribution in [0.4, 0.5) is 10.1 Å². The second kappa shape index (κ2) is 8.09. The van der Waals surface area contributed by atoms with Crippen molar-refractivity contribution < 1.29 is 13.9 Å². The first kappa shape index (κ1) is 16.7. The van der Waals surface area contributed by atoms with Gasteiger partial charge in [0.15, 0.2) is 16.7 Å². The van der Waals surface area contributed by atoms with Gasteiger partial charge in [0.1, 0.15) is 6.61 Å². The van der Waals surface area contributed by atoms with Crippen molar-refractivity contribution in [1.29, 1.82) is 0 Å². The molecule has 2 aromatic carbocycles. The van der Waals surface area contributed by atoms with Gasteiger partial charge < -0.3 is 21.1 Å². The van der Waals surface area contributed by atoms with E-state index >= 15 is 0 Å². The van der Waals surface area contributed by atoms with E-state index in [1.165, 1.54) is 6.07 Å². The van der Waals surface area contributed by atoms with Gasteiger partial charge in [-0.3, -0.25) is 4.79 Å². The second-order valence-electron chi connectivity index (χ2n) is 4.60. The Balaban J connectivity index is 1.73. The Hall–Kier alpha value is -2.67. The van der Waals surface area contributed by atoms with Gasteiger partial charge in [0.05, 0.1) is 6.54 Å². The molecular weight excluding hydrogens is 317 g/mol. The van der Waals surface area contributed by atoms with Crippen molar-refractivity contribution in [2.75, 3.05) is 18.5 Å². The summed E-state index contributed by atoms with van der Waals surface area (Å²) < 4.78 is 18.6. The van der Waals surface area contributed by atoms with Gasteiger partial charge in [0, 0.05) is 11.3 Å². The number of hydrogen-bond acceptors (Lipinski definition) is 3. The standard InChI is InChI=1S/C16H16FN3O2S/c17-13-3-1-2-4-14(13)22-10-9-19-16(23)20-12-7-5-11(6-8-12)15(18)21/h1-8H,9-10H2,(H2,18,21)(H2,19,20,23). The highest BCUT2D eigenvalue weighted by Gasteiger charge is 2.03. The Labute approximate surface area is 138 Å². The number of anilines is 1. The van der Waals surface area contributed by atoms with Crippen molar-refractivity contribution in [2.24, 2.45) is 5.73 Å². The molecule has 0 aliphatic rings. The number of hydrogen-bond donors (Lipinski definition) is 3. The lowest BCUT2D eigenvalue weighted by Gasteiger charge is -2.11. The zero-order valence-corrected chi connectivity index (χ0v) is 13.0. The van der Waals surface area contributed by atoms with Crippen LogP contribution in [0.3, 0.4) is 0 Å². The Morgan fingerprint density at radius 2 is 1.87 bits per heavy atom. The zero-order chi connectivity index (χ0) is 16.7. The summed E-state index contributed by atoms with van der Waals surface area (Å²) in [7, 11) is 0. The normalized spacial score (nSPS) is 9.96. The quantitative estimate of drug-likeness (QED) is 0.558. The van der Waals surface area contributed by atoms with E-state index in [1.54, 1.807) is 42.5 Å². The number of primary amides is 1. The summed E-state index contributed by atoms with van der Waals surface area (Å²) in [4.78, 5) is 11.0. The highest BCUT2D eigenvalue weighted by Crippen LogP contribution is 2.14. The van der Waals surface area contributed by atoms with Crippen LogP contribution in [0.1, 0.15) is 10.4 Å². The summed E-state index contributed by atoms with van der Waals surface area (Å²) in [5, 5.41) is 6.29. The average molecular weight is 333 g/mol. The molecule has 0 bridgehead atoms. The second-order valence-corrected chi connectivity index (χ2v) is 5.01. The van der Waals surface area contributed by atoms with Crippen LogP contribution in [0.15, 0.2) is 48.5 Å². The number of carbonyl (C=O) groups excluding carboxylic acids is 1. The fraction of sp³-hybridized carbons (Fsp3) is 0.125. The lowest BCUT2D eigenvalue weighted by molar-refractivity contribution is 0.100. The van der Waals surface area contributed by atoms with Crippen molar-refractivity contribution in [3.8, 4) is 5.75 Å². The van der Waals surface area contributed by atoms with E-state index in [0.29, 0.717) is 17.2 Å². The smallest absolute Gasteiger partial charge is 0.248 e. The van der Waals surface area contributed by atoms with Gasteiger partial charge in [0.2, 0.25) is 5.91 Å². The molecular formula is C16H16FN3O2S. The first-order chi connectivity index (χ1) is 11.1. The Morgan fingerprint density at radius 1 is 1.17 bits per heavy atom. The topological polar surface area (TPSA) is 76.4 Å². The monoisotopic (exact) mass is 333 g/mol. The molecule has 120 valence electrons. The van der Waals surface area contributed by atoms with Crippen LogP contribution in [0, 0.1) is 5.82 Å². The van der Waals surface area contributed by atoms with Crippen LogP contribution in [0.25, 0.3) is 0 Å². The number of nitrogens with one attached hydrogen (secondary N) is 2. The number of ether oxygens (including phenoxy) is 1. The SMILES string of the molecule is NC(=O)c1ccc(NC(=S)NCCOc2ccccc2F)cc1. The van der Waals surface area contributed by atoms with E-state index in [0.717, 1.165) is 5.69 Å². The summed E-state index contributed by atoms with van der Waals surface area (Å²) in [6.45, 7) is 0.683. The van der Waals surface area contributed by atoms with Gasteiger partial charge in [-0.15, -0.1) is 0 Å². The molecule has 0 spiro atoms. The lowest BCUT2D eigenvalue weighted by Crippen LogP contribution is -2.32. The molecule has 0 radical (unpaired) electrons. The van der Waals surface area contributed by atoms with Gasteiger partial charge in [-0.2, -0.15) is 0 Å². The lowest BCUT2D eigenvalue weighted by atomic mass is 10.2. The Morgan fingerprint density at radius 3 is 2.52 bits per heavy atom. The molecule has 1 amide bonds. The predicted molar refractivity (Wildman–Crippen MR) is 91.1 cm³/mol. The molecule has 0 fully saturated rings. The number of halogens is 1. The number of para-hydroxylation sites is 1. The van der Waals surface area contributed by atoms with Crippen molar-refractivity contribution in [3.05, 3.63) is 59.9 Å². The first-order valence-electron chi connectivity index (χ1n) is 6.88. The van der Waals surface area contributed by atoms with Gasteiger partial charge in [0.25, 0.3) is 0 Å². The van der Waals surface area contributed by atoms with E-state index in [9.17, 15) is 9.18 Å². The highest BCUT2D eigenvalue weighted by atomic mass is 32.1. The summed E-state index contributed by atoms with van der Waals surface area (Å²) in [6.07, 6.45) is 0. The molecule has 4 N–H and O–H groups in total. The molecule has 0 heterocycles. The summed E-state index contributed by atoms with van der Waals surface area (Å²) in [5.74, 6) is -0.680. The van der Waals surface area contributed by atoms with E-state index in [1.807, 2.05) is 0 Å². The molecule has 2 aromatic rings. The number of thiocarbonyl (C=S) groups is 1. The van der Waals surface area contributed by atoms with Gasteiger partial charge in [-0.25, -0.2) is 4.39 Å². The molecule has 0 unspecified atom stereocenters. The summed E-state index contributed by atoms with van der Waals surface area (Å²) >= 11 is 5.13. The van der Waals surface area contributed by atoms with Crippen molar-refractivity contribution in [3.63, 3.8) is 0 Å². The molecule has 0 atom stereocenters. The molecule has 0 saturated heterocycles. The molecule has 0 saturated carbocycles. The van der Waals surface area contributed by atoms with Crippen molar-refractivity contribution >= 4 is 28.9 Å². The van der Waals surface area contributed by atoms with Gasteiger partial charge in [-0.05, 0) is 48.6 Å². The minimum absolute atomic E-state index is 0.204. The number of rotatable bonds is 6. The molecule has 7 heteroatoms. The Kier molecular flexibility index (Phi) is 5.87. The van der Waals surface area contributed by atoms with Gasteiger partial charge in [-0.1, -0.05) is 12.1 Å². The first-order valence-corrected chi connectivity index (χ1v) is 7.29. The van der Waals surface area contributed by atoms with E-state index in [4.69, 9.17) is 22.7 Å². The fourth-order valence-corrected chi connectivity index (χ4v) is 2.00. The third-order valence-electron chi connectivity index (χ3n) is 2.91. The number of carbonyl (C=O) groups is 1. The zero-order valence-electron chi connectivity index (χ0n) is 12.2. The van der Waals surface area contributed by atoms with E-state index < -0.39 is 11.7 Å². The maximum absolute atomic E-state index is 13.3. The average Bonchev–Trinajstić information content (AvgIpc) is 2.53. The fourth-order valence-electron chi connectivity index (χ4n) is 1.78. The minimum Gasteiger partial charge on any atom is -0.489 e. The van der Waals surface area contributed by atoms with Crippen molar-refractivity contribution in [1.82, 2.24) is 5.32 Å². The molecule has 5 nitrogen and oxygen atoms in total. The maximum atomic E-state index is 13.3. The molecule has 0 aliphatic carbocycles. The van der Waals surface area contributed by atoms with Gasteiger partial charge >= 0.3 is 0 Å². The van der Waals surface area contributed by atoms with Crippen LogP contribution < -0.4 is 21.1 Å². The molecule has 0 aromatic heterocycles. The highest BCUT2D eigenvalue weighted by molar-refractivity contribution is 7.80. The van der Waals surface area contributed by atoms with Crippen LogP contribution in [0.5, 0.6) is 5.75 Å². The van der Waals surface area contributed by atoms with Crippen LogP contribution >= 0.6 is 12.2 Å². The van der Waals surface area contributed by atoms with Crippen LogP contribution in [-0.2, 0) is 0 Å². The molecule has 0 aliphatic heterocycles. The largest absolute Gasteiger partial charge is 0.489 e. The number of benzene rings is 2. The van der Waals surface area contributed by atoms with E-state index in [-0.39, 0.29) is 12.4 Å². The third-order valence-corrected chi connectivity index (χ3v) is 3.16. The van der Waals surface area contributed by atoms with Crippen molar-refractivity contribution in [2.45, 2.75) is 0 Å². The summed E-state index contributed by atoms with van der Waals surface area (Å²) in [6, 6.07) is 12.8. The Bertz CT molecular complexity index is 692. The number of amides is 1. The van der Waals surface area contributed by atoms with Crippen LogP contribution in [-0.4, -0.2) is 24.2 Å². The van der Waals surface area contributed by atoms with Crippen LogP contribution in [0.2, 0.25) is 0 Å². The molecule has 2 rings (SSSR count). The third kappa shape index (κ3) is 5.23. The molecule has 23 heavy (non-hydrogen) atoms. The maximum Gasteiger partial charge on any atom is 0.248 e. The van der Waals surface area contributed by atoms with E-state index in [2.05, 4.69) is 10.6 Å². The number of nitrogens with two attached hydrogens (primary N) is 1.